The lowest BCUT2D eigenvalue weighted by atomic mass is 10.3. The van der Waals surface area contributed by atoms with Crippen LogP contribution in [0.25, 0.3) is 10.7 Å². The lowest BCUT2D eigenvalue weighted by Gasteiger charge is -2.06. The fraction of sp³-hybridized carbons (Fsp3) is 0.0667. The van der Waals surface area contributed by atoms with Crippen LogP contribution in [0.15, 0.2) is 48.0 Å². The number of hydrogen-bond acceptors (Lipinski definition) is 6. The van der Waals surface area contributed by atoms with E-state index in [9.17, 15) is 10.1 Å². The van der Waals surface area contributed by atoms with Crippen LogP contribution in [0.2, 0.25) is 5.02 Å². The average molecular weight is 348 g/mol. The van der Waals surface area contributed by atoms with E-state index in [-0.39, 0.29) is 17.3 Å². The number of benzene rings is 1. The van der Waals surface area contributed by atoms with E-state index in [2.05, 4.69) is 9.97 Å². The molecule has 0 spiro atoms. The molecule has 0 aliphatic carbocycles. The molecule has 0 N–H and O–H groups in total. The number of pyridine rings is 1. The van der Waals surface area contributed by atoms with Crippen molar-refractivity contribution in [3.63, 3.8) is 0 Å². The summed E-state index contributed by atoms with van der Waals surface area (Å²) in [4.78, 5) is 18.9. The van der Waals surface area contributed by atoms with Crippen molar-refractivity contribution in [3.05, 3.63) is 68.8 Å². The summed E-state index contributed by atoms with van der Waals surface area (Å²) in [5.74, 6) is 0.379. The maximum atomic E-state index is 10.7. The molecule has 2 heterocycles. The van der Waals surface area contributed by atoms with E-state index in [1.807, 2.05) is 23.6 Å². The molecule has 0 bridgehead atoms. The molecule has 0 aliphatic rings. The van der Waals surface area contributed by atoms with Gasteiger partial charge in [0, 0.05) is 23.7 Å². The van der Waals surface area contributed by atoms with Gasteiger partial charge >= 0.3 is 0 Å². The van der Waals surface area contributed by atoms with Gasteiger partial charge in [-0.05, 0) is 18.2 Å². The lowest BCUT2D eigenvalue weighted by Crippen LogP contribution is -1.97. The molecule has 3 aromatic rings. The monoisotopic (exact) mass is 347 g/mol. The number of hydrogen-bond donors (Lipinski definition) is 0. The van der Waals surface area contributed by atoms with Crippen LogP contribution in [0, 0.1) is 10.1 Å². The third-order valence-electron chi connectivity index (χ3n) is 2.94. The third-order valence-corrected chi connectivity index (χ3v) is 4.15. The highest BCUT2D eigenvalue weighted by atomic mass is 35.5. The Morgan fingerprint density at radius 2 is 2.17 bits per heavy atom. The number of thiazole rings is 1. The van der Waals surface area contributed by atoms with Gasteiger partial charge in [0.2, 0.25) is 0 Å². The number of non-ortho nitro benzene ring substituents is 1. The number of aromatic nitrogens is 2. The molecule has 23 heavy (non-hydrogen) atoms. The minimum Gasteiger partial charge on any atom is -0.486 e. The van der Waals surface area contributed by atoms with Crippen molar-refractivity contribution in [2.75, 3.05) is 0 Å². The van der Waals surface area contributed by atoms with Crippen LogP contribution < -0.4 is 4.74 Å². The van der Waals surface area contributed by atoms with Gasteiger partial charge in [0.1, 0.15) is 17.4 Å². The number of halogens is 1. The average Bonchev–Trinajstić information content (AvgIpc) is 3.03. The topological polar surface area (TPSA) is 78.2 Å². The van der Waals surface area contributed by atoms with Gasteiger partial charge in [0.05, 0.1) is 21.3 Å². The summed E-state index contributed by atoms with van der Waals surface area (Å²) < 4.78 is 5.58. The zero-order valence-electron chi connectivity index (χ0n) is 11.7. The van der Waals surface area contributed by atoms with Crippen molar-refractivity contribution >= 4 is 28.6 Å². The molecular formula is C15H10ClN3O3S. The summed E-state index contributed by atoms with van der Waals surface area (Å²) in [7, 11) is 0. The van der Waals surface area contributed by atoms with Crippen molar-refractivity contribution in [3.8, 4) is 16.5 Å². The zero-order chi connectivity index (χ0) is 16.2. The van der Waals surface area contributed by atoms with Crippen LogP contribution in [0.5, 0.6) is 5.75 Å². The van der Waals surface area contributed by atoms with Gasteiger partial charge in [-0.15, -0.1) is 11.3 Å². The molecule has 0 atom stereocenters. The Labute approximate surface area is 140 Å². The van der Waals surface area contributed by atoms with Gasteiger partial charge in [-0.2, -0.15) is 0 Å². The van der Waals surface area contributed by atoms with Gasteiger partial charge < -0.3 is 4.74 Å². The van der Waals surface area contributed by atoms with Crippen molar-refractivity contribution in [2.24, 2.45) is 0 Å². The molecule has 0 unspecified atom stereocenters. The summed E-state index contributed by atoms with van der Waals surface area (Å²) in [6, 6.07) is 9.72. The van der Waals surface area contributed by atoms with E-state index < -0.39 is 4.92 Å². The van der Waals surface area contributed by atoms with E-state index in [1.54, 1.807) is 6.20 Å². The smallest absolute Gasteiger partial charge is 0.271 e. The van der Waals surface area contributed by atoms with Crippen LogP contribution in [0.3, 0.4) is 0 Å². The Balaban J connectivity index is 1.70. The van der Waals surface area contributed by atoms with Crippen LogP contribution in [0.4, 0.5) is 5.69 Å². The molecule has 116 valence electrons. The number of nitrogens with zero attached hydrogens (tertiary/aromatic N) is 3. The van der Waals surface area contributed by atoms with E-state index in [4.69, 9.17) is 16.3 Å². The number of nitro groups is 1. The first-order valence-electron chi connectivity index (χ1n) is 6.56. The standard InChI is InChI=1S/C15H10ClN3O3S/c16-12-7-11(19(20)21)4-5-14(12)22-8-10-9-23-15(18-10)13-3-1-2-6-17-13/h1-7,9H,8H2. The highest BCUT2D eigenvalue weighted by molar-refractivity contribution is 7.13. The van der Waals surface area contributed by atoms with Gasteiger partial charge in [-0.3, -0.25) is 15.1 Å². The molecule has 0 aliphatic heterocycles. The largest absolute Gasteiger partial charge is 0.486 e. The molecule has 3 rings (SSSR count). The van der Waals surface area contributed by atoms with E-state index in [0.717, 1.165) is 16.4 Å². The van der Waals surface area contributed by atoms with Gasteiger partial charge in [0.15, 0.2) is 0 Å². The first-order valence-corrected chi connectivity index (χ1v) is 7.82. The second-order valence-electron chi connectivity index (χ2n) is 4.52. The third kappa shape index (κ3) is 3.64. The van der Waals surface area contributed by atoms with Crippen LogP contribution in [-0.4, -0.2) is 14.9 Å². The van der Waals surface area contributed by atoms with Gasteiger partial charge in [0.25, 0.3) is 5.69 Å². The van der Waals surface area contributed by atoms with E-state index in [1.165, 1.54) is 29.5 Å². The molecule has 8 heteroatoms. The molecular weight excluding hydrogens is 338 g/mol. The number of rotatable bonds is 5. The molecule has 0 saturated carbocycles. The quantitative estimate of drug-likeness (QED) is 0.506. The molecule has 0 radical (unpaired) electrons. The van der Waals surface area contributed by atoms with Crippen molar-refractivity contribution in [1.29, 1.82) is 0 Å². The van der Waals surface area contributed by atoms with E-state index in [0.29, 0.717) is 5.75 Å². The number of ether oxygens (including phenoxy) is 1. The second-order valence-corrected chi connectivity index (χ2v) is 5.78. The summed E-state index contributed by atoms with van der Waals surface area (Å²) in [5, 5.41) is 13.5. The normalized spacial score (nSPS) is 10.5. The second kappa shape index (κ2) is 6.72. The van der Waals surface area contributed by atoms with Crippen LogP contribution >= 0.6 is 22.9 Å². The van der Waals surface area contributed by atoms with Crippen LogP contribution in [-0.2, 0) is 6.61 Å². The zero-order valence-corrected chi connectivity index (χ0v) is 13.3. The molecule has 2 aromatic heterocycles. The highest BCUT2D eigenvalue weighted by Crippen LogP contribution is 2.29. The fourth-order valence-corrected chi connectivity index (χ4v) is 2.86. The summed E-state index contributed by atoms with van der Waals surface area (Å²) in [6.07, 6.45) is 1.71. The van der Waals surface area contributed by atoms with E-state index >= 15 is 0 Å². The Hall–Kier alpha value is -2.51. The lowest BCUT2D eigenvalue weighted by molar-refractivity contribution is -0.384. The first kappa shape index (κ1) is 15.4. The summed E-state index contributed by atoms with van der Waals surface area (Å²) in [5.41, 5.74) is 1.47. The van der Waals surface area contributed by atoms with Crippen molar-refractivity contribution < 1.29 is 9.66 Å². The highest BCUT2D eigenvalue weighted by Gasteiger charge is 2.11. The molecule has 0 saturated heterocycles. The van der Waals surface area contributed by atoms with Gasteiger partial charge in [-0.25, -0.2) is 4.98 Å². The Morgan fingerprint density at radius 1 is 1.30 bits per heavy atom. The predicted octanol–water partition coefficient (Wildman–Crippen LogP) is 4.35. The van der Waals surface area contributed by atoms with Crippen molar-refractivity contribution in [1.82, 2.24) is 9.97 Å². The number of nitro benzene ring substituents is 1. The Bertz CT molecular complexity index is 839. The summed E-state index contributed by atoms with van der Waals surface area (Å²) in [6.45, 7) is 0.223. The van der Waals surface area contributed by atoms with Gasteiger partial charge in [-0.1, -0.05) is 17.7 Å². The SMILES string of the molecule is O=[N+]([O-])c1ccc(OCc2csc(-c3ccccn3)n2)c(Cl)c1. The molecule has 0 amide bonds. The molecule has 0 fully saturated rings. The Kier molecular flexibility index (Phi) is 4.50. The van der Waals surface area contributed by atoms with Crippen molar-refractivity contribution in [2.45, 2.75) is 6.61 Å². The molecule has 1 aromatic carbocycles. The predicted molar refractivity (Wildman–Crippen MR) is 87.8 cm³/mol. The summed E-state index contributed by atoms with van der Waals surface area (Å²) >= 11 is 7.46. The Morgan fingerprint density at radius 3 is 2.87 bits per heavy atom. The molecule has 6 nitrogen and oxygen atoms in total. The van der Waals surface area contributed by atoms with Crippen LogP contribution in [0.1, 0.15) is 5.69 Å². The maximum Gasteiger partial charge on any atom is 0.271 e. The first-order chi connectivity index (χ1) is 11.1. The maximum absolute atomic E-state index is 10.7. The fourth-order valence-electron chi connectivity index (χ4n) is 1.85. The minimum atomic E-state index is -0.505. The minimum absolute atomic E-state index is 0.0755.